The van der Waals surface area contributed by atoms with E-state index in [4.69, 9.17) is 5.11 Å². The van der Waals surface area contributed by atoms with Crippen LogP contribution in [0.4, 0.5) is 4.79 Å². The summed E-state index contributed by atoms with van der Waals surface area (Å²) in [4.78, 5) is 22.7. The van der Waals surface area contributed by atoms with Crippen molar-refractivity contribution in [3.63, 3.8) is 0 Å². The van der Waals surface area contributed by atoms with E-state index in [1.807, 2.05) is 0 Å². The lowest BCUT2D eigenvalue weighted by atomic mass is 10.0. The van der Waals surface area contributed by atoms with Crippen molar-refractivity contribution in [2.24, 2.45) is 22.7 Å². The molecule has 2 fully saturated rings. The number of carbonyl (C=O) groups excluding carboxylic acids is 1. The van der Waals surface area contributed by atoms with Gasteiger partial charge in [-0.2, -0.15) is 0 Å². The minimum Gasteiger partial charge on any atom is -0.481 e. The summed E-state index contributed by atoms with van der Waals surface area (Å²) in [5.41, 5.74) is 0.532. The summed E-state index contributed by atoms with van der Waals surface area (Å²) in [5.74, 6) is -0.561. The molecule has 0 radical (unpaired) electrons. The molecule has 0 aromatic carbocycles. The van der Waals surface area contributed by atoms with Crippen LogP contribution in [0.5, 0.6) is 0 Å². The Bertz CT molecular complexity index is 403. The molecular weight excluding hydrogens is 256 g/mol. The van der Waals surface area contributed by atoms with Crippen molar-refractivity contribution >= 4 is 12.0 Å². The molecule has 2 amide bonds. The summed E-state index contributed by atoms with van der Waals surface area (Å²) in [6, 6.07) is -0.170. The van der Waals surface area contributed by atoms with Crippen molar-refractivity contribution in [2.75, 3.05) is 6.54 Å². The van der Waals surface area contributed by atoms with Crippen LogP contribution in [0, 0.1) is 22.7 Å². The Kier molecular flexibility index (Phi) is 3.73. The smallest absolute Gasteiger partial charge is 0.315 e. The van der Waals surface area contributed by atoms with E-state index in [0.29, 0.717) is 25.3 Å². The maximum Gasteiger partial charge on any atom is 0.315 e. The normalized spacial score (nSPS) is 30.8. The first-order valence-corrected chi connectivity index (χ1v) is 7.43. The fourth-order valence-electron chi connectivity index (χ4n) is 3.61. The number of urea groups is 1. The fraction of sp³-hybridized carbons (Fsp3) is 0.867. The van der Waals surface area contributed by atoms with Crippen LogP contribution in [0.3, 0.4) is 0 Å². The third-order valence-corrected chi connectivity index (χ3v) is 5.90. The first kappa shape index (κ1) is 15.1. The predicted octanol–water partition coefficient (Wildman–Crippen LogP) is 2.22. The summed E-state index contributed by atoms with van der Waals surface area (Å²) in [6.07, 6.45) is 1.96. The quantitative estimate of drug-likeness (QED) is 0.740. The Balaban J connectivity index is 1.71. The van der Waals surface area contributed by atoms with E-state index in [1.165, 1.54) is 0 Å². The molecule has 20 heavy (non-hydrogen) atoms. The lowest BCUT2D eigenvalue weighted by Gasteiger charge is -2.14. The van der Waals surface area contributed by atoms with Crippen LogP contribution in [0.15, 0.2) is 0 Å². The van der Waals surface area contributed by atoms with Gasteiger partial charge in [-0.05, 0) is 36.0 Å². The molecule has 0 aromatic rings. The molecule has 0 aromatic heterocycles. The summed E-state index contributed by atoms with van der Waals surface area (Å²) < 4.78 is 0. The fourth-order valence-corrected chi connectivity index (χ4v) is 3.61. The molecule has 5 heteroatoms. The van der Waals surface area contributed by atoms with Crippen LogP contribution in [0.25, 0.3) is 0 Å². The Hall–Kier alpha value is -1.26. The third-order valence-electron chi connectivity index (χ3n) is 5.90. The zero-order chi connectivity index (χ0) is 15.1. The number of carboxylic acids is 1. The number of rotatable bonds is 4. The summed E-state index contributed by atoms with van der Waals surface area (Å²) >= 11 is 0. The highest BCUT2D eigenvalue weighted by atomic mass is 16.4. The number of aliphatic carboxylic acids is 1. The molecule has 0 aliphatic heterocycles. The van der Waals surface area contributed by atoms with Crippen molar-refractivity contribution in [1.29, 1.82) is 0 Å². The highest BCUT2D eigenvalue weighted by Crippen LogP contribution is 2.67. The second kappa shape index (κ2) is 4.93. The van der Waals surface area contributed by atoms with E-state index in [2.05, 4.69) is 38.3 Å². The Morgan fingerprint density at radius 1 is 1.15 bits per heavy atom. The van der Waals surface area contributed by atoms with Gasteiger partial charge in [0.2, 0.25) is 0 Å². The number of hydrogen-bond acceptors (Lipinski definition) is 2. The third kappa shape index (κ3) is 2.63. The van der Waals surface area contributed by atoms with E-state index < -0.39 is 5.97 Å². The molecule has 2 saturated carbocycles. The highest BCUT2D eigenvalue weighted by molar-refractivity contribution is 5.75. The van der Waals surface area contributed by atoms with Crippen molar-refractivity contribution in [1.82, 2.24) is 10.6 Å². The van der Waals surface area contributed by atoms with Crippen LogP contribution >= 0.6 is 0 Å². The number of hydrogen-bond donors (Lipinski definition) is 3. The zero-order valence-electron chi connectivity index (χ0n) is 12.8. The second-order valence-electron chi connectivity index (χ2n) is 7.40. The van der Waals surface area contributed by atoms with Gasteiger partial charge in [-0.25, -0.2) is 4.79 Å². The highest BCUT2D eigenvalue weighted by Gasteiger charge is 2.64. The molecule has 5 nitrogen and oxygen atoms in total. The van der Waals surface area contributed by atoms with E-state index >= 15 is 0 Å². The van der Waals surface area contributed by atoms with Crippen LogP contribution < -0.4 is 10.6 Å². The van der Waals surface area contributed by atoms with Gasteiger partial charge in [0.1, 0.15) is 0 Å². The molecule has 0 bridgehead atoms. The lowest BCUT2D eigenvalue weighted by molar-refractivity contribution is -0.141. The SMILES string of the molecule is CC1(C)C(CNC(=O)N[C@H]2CC[C@@H](C(=O)O)C2)C1(C)C. The molecule has 114 valence electrons. The van der Waals surface area contributed by atoms with Crippen LogP contribution in [-0.4, -0.2) is 29.7 Å². The summed E-state index contributed by atoms with van der Waals surface area (Å²) in [7, 11) is 0. The van der Waals surface area contributed by atoms with Gasteiger partial charge in [0.15, 0.2) is 0 Å². The zero-order valence-corrected chi connectivity index (χ0v) is 12.8. The van der Waals surface area contributed by atoms with Gasteiger partial charge in [-0.15, -0.1) is 0 Å². The first-order chi connectivity index (χ1) is 9.16. The summed E-state index contributed by atoms with van der Waals surface area (Å²) in [5, 5.41) is 14.8. The van der Waals surface area contributed by atoms with E-state index in [-0.39, 0.29) is 28.8 Å². The first-order valence-electron chi connectivity index (χ1n) is 7.43. The maximum atomic E-state index is 11.9. The van der Waals surface area contributed by atoms with Crippen molar-refractivity contribution in [3.8, 4) is 0 Å². The molecule has 0 saturated heterocycles. The number of carbonyl (C=O) groups is 2. The average molecular weight is 282 g/mol. The topological polar surface area (TPSA) is 78.4 Å². The lowest BCUT2D eigenvalue weighted by Crippen LogP contribution is -2.42. The van der Waals surface area contributed by atoms with Gasteiger partial charge < -0.3 is 15.7 Å². The molecule has 0 heterocycles. The standard InChI is InChI=1S/C15H26N2O3/c1-14(2)11(15(14,3)4)8-16-13(20)17-10-6-5-9(7-10)12(18)19/h9-11H,5-8H2,1-4H3,(H,18,19)(H2,16,17,20)/t9-,10+/m1/s1. The number of amides is 2. The minimum atomic E-state index is -0.754. The largest absolute Gasteiger partial charge is 0.481 e. The van der Waals surface area contributed by atoms with E-state index in [9.17, 15) is 9.59 Å². The van der Waals surface area contributed by atoms with Crippen LogP contribution in [0.1, 0.15) is 47.0 Å². The van der Waals surface area contributed by atoms with Crippen molar-refractivity contribution in [2.45, 2.75) is 53.0 Å². The van der Waals surface area contributed by atoms with Gasteiger partial charge in [-0.1, -0.05) is 27.7 Å². The Morgan fingerprint density at radius 2 is 1.75 bits per heavy atom. The van der Waals surface area contributed by atoms with Gasteiger partial charge in [0.25, 0.3) is 0 Å². The second-order valence-corrected chi connectivity index (χ2v) is 7.40. The predicted molar refractivity (Wildman–Crippen MR) is 76.4 cm³/mol. The molecule has 2 atom stereocenters. The van der Waals surface area contributed by atoms with E-state index in [1.54, 1.807) is 0 Å². The van der Waals surface area contributed by atoms with Gasteiger partial charge in [-0.3, -0.25) is 4.79 Å². The van der Waals surface area contributed by atoms with Crippen LogP contribution in [-0.2, 0) is 4.79 Å². The number of carboxylic acid groups (broad SMARTS) is 1. The van der Waals surface area contributed by atoms with Crippen LogP contribution in [0.2, 0.25) is 0 Å². The number of nitrogens with one attached hydrogen (secondary N) is 2. The Labute approximate surface area is 120 Å². The molecular formula is C15H26N2O3. The maximum absolute atomic E-state index is 11.9. The summed E-state index contributed by atoms with van der Waals surface area (Å²) in [6.45, 7) is 9.59. The monoisotopic (exact) mass is 282 g/mol. The molecule has 2 aliphatic carbocycles. The molecule has 3 N–H and O–H groups in total. The van der Waals surface area contributed by atoms with Gasteiger partial charge >= 0.3 is 12.0 Å². The molecule has 2 aliphatic rings. The Morgan fingerprint density at radius 3 is 2.20 bits per heavy atom. The van der Waals surface area contributed by atoms with Gasteiger partial charge in [0.05, 0.1) is 5.92 Å². The molecule has 0 spiro atoms. The average Bonchev–Trinajstić information content (AvgIpc) is 2.70. The molecule has 0 unspecified atom stereocenters. The van der Waals surface area contributed by atoms with E-state index in [0.717, 1.165) is 6.42 Å². The molecule has 2 rings (SSSR count). The minimum absolute atomic E-state index is 0.00340. The van der Waals surface area contributed by atoms with Crippen molar-refractivity contribution in [3.05, 3.63) is 0 Å². The van der Waals surface area contributed by atoms with Gasteiger partial charge in [0, 0.05) is 12.6 Å². The van der Waals surface area contributed by atoms with Crippen molar-refractivity contribution < 1.29 is 14.7 Å².